The van der Waals surface area contributed by atoms with Gasteiger partial charge in [0.15, 0.2) is 0 Å². The summed E-state index contributed by atoms with van der Waals surface area (Å²) in [5.41, 5.74) is 0.861. The number of alkyl halides is 3. The number of carbonyl (C=O) groups is 1. The fraction of sp³-hybridized carbons (Fsp3) is 0.500. The number of piperidine rings is 2. The lowest BCUT2D eigenvalue weighted by molar-refractivity contribution is -0.184. The molecule has 0 saturated carbocycles. The zero-order chi connectivity index (χ0) is 24.0. The summed E-state index contributed by atoms with van der Waals surface area (Å²) in [6.45, 7) is 3.60. The van der Waals surface area contributed by atoms with E-state index in [1.165, 1.54) is 0 Å². The van der Waals surface area contributed by atoms with Gasteiger partial charge in [-0.05, 0) is 73.1 Å². The van der Waals surface area contributed by atoms with Crippen LogP contribution in [0.5, 0.6) is 0 Å². The Morgan fingerprint density at radius 1 is 0.853 bits per heavy atom. The molecule has 8 heteroatoms. The van der Waals surface area contributed by atoms with Crippen LogP contribution in [0.4, 0.5) is 18.9 Å². The Morgan fingerprint density at radius 3 is 1.91 bits per heavy atom. The van der Waals surface area contributed by atoms with Crippen molar-refractivity contribution in [2.75, 3.05) is 44.3 Å². The van der Waals surface area contributed by atoms with Crippen LogP contribution in [0.2, 0.25) is 0 Å². The molecular weight excluding hydrogens is 445 g/mol. The third kappa shape index (κ3) is 4.41. The molecule has 2 aromatic carbocycles. The van der Waals surface area contributed by atoms with Crippen LogP contribution in [0, 0.1) is 5.41 Å². The van der Waals surface area contributed by atoms with Gasteiger partial charge in [-0.2, -0.15) is 13.2 Å². The molecule has 0 bridgehead atoms. The highest BCUT2D eigenvalue weighted by Crippen LogP contribution is 2.42. The Kier molecular flexibility index (Phi) is 5.84. The topological polar surface area (TPSA) is 53.0 Å². The molecule has 3 fully saturated rings. The van der Waals surface area contributed by atoms with E-state index in [9.17, 15) is 23.1 Å². The second-order valence-corrected chi connectivity index (χ2v) is 9.93. The molecule has 34 heavy (non-hydrogen) atoms. The minimum absolute atomic E-state index is 0.0143. The molecule has 3 aliphatic heterocycles. The van der Waals surface area contributed by atoms with E-state index in [1.807, 2.05) is 4.90 Å². The van der Waals surface area contributed by atoms with Crippen LogP contribution < -0.4 is 4.90 Å². The number of nitrogens with zero attached hydrogens (tertiary/aromatic N) is 2. The quantitative estimate of drug-likeness (QED) is 0.715. The third-order valence-electron chi connectivity index (χ3n) is 7.85. The first-order valence-corrected chi connectivity index (χ1v) is 11.8. The van der Waals surface area contributed by atoms with Crippen LogP contribution in [0.25, 0.3) is 0 Å². The highest BCUT2D eigenvalue weighted by atomic mass is 19.4. The molecule has 1 spiro atoms. The average Bonchev–Trinajstić information content (AvgIpc) is 2.83. The van der Waals surface area contributed by atoms with E-state index in [-0.39, 0.29) is 24.5 Å². The van der Waals surface area contributed by atoms with Gasteiger partial charge in [-0.25, -0.2) is 0 Å². The summed E-state index contributed by atoms with van der Waals surface area (Å²) in [5, 5.41) is 10.4. The zero-order valence-electron chi connectivity index (χ0n) is 19.0. The van der Waals surface area contributed by atoms with E-state index >= 15 is 0 Å². The Balaban J connectivity index is 1.14. The lowest BCUT2D eigenvalue weighted by Gasteiger charge is -2.47. The van der Waals surface area contributed by atoms with E-state index in [2.05, 4.69) is 4.90 Å². The van der Waals surface area contributed by atoms with Crippen molar-refractivity contribution < 1.29 is 27.8 Å². The van der Waals surface area contributed by atoms with Gasteiger partial charge in [-0.3, -0.25) is 4.79 Å². The van der Waals surface area contributed by atoms with Crippen LogP contribution >= 0.6 is 0 Å². The summed E-state index contributed by atoms with van der Waals surface area (Å²) in [6, 6.07) is 12.6. The highest BCUT2D eigenvalue weighted by Gasteiger charge is 2.40. The van der Waals surface area contributed by atoms with Gasteiger partial charge in [0.25, 0.3) is 5.91 Å². The normalized spacial score (nSPS) is 21.9. The Hall–Kier alpha value is -2.58. The molecular formula is C26H29F3N2O3. The SMILES string of the molecule is O=C(c1ccc(C2(O)COC2)cc1)N1CCC2(CC1)CCN(c1ccc(C(F)(F)F)cc1)CC2. The second kappa shape index (κ2) is 8.57. The van der Waals surface area contributed by atoms with Crippen molar-refractivity contribution in [1.82, 2.24) is 4.90 Å². The molecule has 1 N–H and O–H groups in total. The molecule has 5 nitrogen and oxygen atoms in total. The molecule has 1 amide bonds. The van der Waals surface area contributed by atoms with E-state index in [4.69, 9.17) is 4.74 Å². The summed E-state index contributed by atoms with van der Waals surface area (Å²) in [6.07, 6.45) is -0.481. The highest BCUT2D eigenvalue weighted by molar-refractivity contribution is 5.94. The fourth-order valence-corrected chi connectivity index (χ4v) is 5.35. The summed E-state index contributed by atoms with van der Waals surface area (Å²) < 4.78 is 43.6. The minimum Gasteiger partial charge on any atom is -0.380 e. The molecule has 0 radical (unpaired) electrons. The van der Waals surface area contributed by atoms with Gasteiger partial charge in [-0.1, -0.05) is 12.1 Å². The zero-order valence-corrected chi connectivity index (χ0v) is 19.0. The van der Waals surface area contributed by atoms with Gasteiger partial charge in [-0.15, -0.1) is 0 Å². The Bertz CT molecular complexity index is 1010. The first-order chi connectivity index (χ1) is 16.2. The van der Waals surface area contributed by atoms with Crippen molar-refractivity contribution in [3.63, 3.8) is 0 Å². The number of halogens is 3. The summed E-state index contributed by atoms with van der Waals surface area (Å²) in [4.78, 5) is 17.1. The number of benzene rings is 2. The fourth-order valence-electron chi connectivity index (χ4n) is 5.35. The van der Waals surface area contributed by atoms with Gasteiger partial charge in [0.2, 0.25) is 0 Å². The van der Waals surface area contributed by atoms with Crippen molar-refractivity contribution >= 4 is 11.6 Å². The monoisotopic (exact) mass is 474 g/mol. The van der Waals surface area contributed by atoms with E-state index < -0.39 is 17.3 Å². The maximum atomic E-state index is 13.0. The minimum atomic E-state index is -4.32. The van der Waals surface area contributed by atoms with E-state index in [0.29, 0.717) is 18.7 Å². The van der Waals surface area contributed by atoms with Crippen LogP contribution in [-0.2, 0) is 16.5 Å². The number of aliphatic hydroxyl groups is 1. The molecule has 3 saturated heterocycles. The Morgan fingerprint density at radius 2 is 1.41 bits per heavy atom. The molecule has 3 aliphatic rings. The van der Waals surface area contributed by atoms with E-state index in [0.717, 1.165) is 62.2 Å². The molecule has 0 unspecified atom stereocenters. The number of likely N-dealkylation sites (tertiary alicyclic amines) is 1. The van der Waals surface area contributed by atoms with Crippen molar-refractivity contribution in [2.24, 2.45) is 5.41 Å². The first kappa shape index (κ1) is 23.2. The maximum absolute atomic E-state index is 13.0. The molecule has 3 heterocycles. The summed E-state index contributed by atoms with van der Waals surface area (Å²) in [7, 11) is 0. The average molecular weight is 475 g/mol. The molecule has 182 valence electrons. The van der Waals surface area contributed by atoms with Gasteiger partial charge in [0.1, 0.15) is 5.60 Å². The van der Waals surface area contributed by atoms with Gasteiger partial charge < -0.3 is 19.6 Å². The van der Waals surface area contributed by atoms with Crippen molar-refractivity contribution in [2.45, 2.75) is 37.5 Å². The summed E-state index contributed by atoms with van der Waals surface area (Å²) >= 11 is 0. The van der Waals surface area contributed by atoms with Crippen LogP contribution in [-0.4, -0.2) is 55.3 Å². The molecule has 0 aromatic heterocycles. The van der Waals surface area contributed by atoms with Gasteiger partial charge in [0, 0.05) is 37.4 Å². The number of ether oxygens (including phenoxy) is 1. The largest absolute Gasteiger partial charge is 0.416 e. The van der Waals surface area contributed by atoms with Crippen LogP contribution in [0.3, 0.4) is 0 Å². The van der Waals surface area contributed by atoms with Gasteiger partial charge in [0.05, 0.1) is 18.8 Å². The number of amides is 1. The number of anilines is 1. The van der Waals surface area contributed by atoms with Crippen molar-refractivity contribution in [1.29, 1.82) is 0 Å². The lowest BCUT2D eigenvalue weighted by atomic mass is 9.71. The van der Waals surface area contributed by atoms with E-state index in [1.54, 1.807) is 36.4 Å². The maximum Gasteiger partial charge on any atom is 0.416 e. The van der Waals surface area contributed by atoms with Crippen molar-refractivity contribution in [3.8, 4) is 0 Å². The second-order valence-electron chi connectivity index (χ2n) is 9.93. The lowest BCUT2D eigenvalue weighted by Crippen LogP contribution is -2.48. The van der Waals surface area contributed by atoms with Crippen LogP contribution in [0.1, 0.15) is 47.2 Å². The number of carbonyl (C=O) groups excluding carboxylic acids is 1. The predicted molar refractivity (Wildman–Crippen MR) is 122 cm³/mol. The number of hydrogen-bond acceptors (Lipinski definition) is 4. The number of hydrogen-bond donors (Lipinski definition) is 1. The first-order valence-electron chi connectivity index (χ1n) is 11.8. The standard InChI is InChI=1S/C26H29F3N2O3/c27-26(28,29)21-5-7-22(8-6-21)30-13-9-24(10-14-30)11-15-31(16-12-24)23(32)19-1-3-20(4-2-19)25(33)17-34-18-25/h1-8,33H,9-18H2. The Labute approximate surface area is 197 Å². The molecule has 0 atom stereocenters. The third-order valence-corrected chi connectivity index (χ3v) is 7.85. The number of rotatable bonds is 3. The van der Waals surface area contributed by atoms with Crippen LogP contribution in [0.15, 0.2) is 48.5 Å². The summed E-state index contributed by atoms with van der Waals surface area (Å²) in [5.74, 6) is 0.0143. The van der Waals surface area contributed by atoms with Gasteiger partial charge >= 0.3 is 6.18 Å². The molecule has 2 aromatic rings. The predicted octanol–water partition coefficient (Wildman–Crippen LogP) is 4.45. The smallest absolute Gasteiger partial charge is 0.380 e. The molecule has 0 aliphatic carbocycles. The van der Waals surface area contributed by atoms with Crippen molar-refractivity contribution in [3.05, 3.63) is 65.2 Å². The molecule has 5 rings (SSSR count).